The molecular weight excluding hydrogens is 244 g/mol. The summed E-state index contributed by atoms with van der Waals surface area (Å²) in [6.45, 7) is 6.26. The average Bonchev–Trinajstić information content (AvgIpc) is 2.41. The summed E-state index contributed by atoms with van der Waals surface area (Å²) in [5.41, 5.74) is 1.13. The minimum atomic E-state index is -0.647. The highest BCUT2D eigenvalue weighted by molar-refractivity contribution is 5.59. The molecule has 106 valence electrons. The van der Waals surface area contributed by atoms with Crippen molar-refractivity contribution in [2.24, 2.45) is 0 Å². The Balaban J connectivity index is 2.39. The van der Waals surface area contributed by atoms with Crippen LogP contribution >= 0.6 is 0 Å². The van der Waals surface area contributed by atoms with Crippen LogP contribution in [-0.4, -0.2) is 25.5 Å². The predicted octanol–water partition coefficient (Wildman–Crippen LogP) is 3.72. The SMILES string of the molecule is CCOC(=O)OC(C)COC(CC)c1ccccc1. The van der Waals surface area contributed by atoms with Gasteiger partial charge in [0.05, 0.1) is 19.3 Å². The number of hydrogen-bond acceptors (Lipinski definition) is 4. The predicted molar refractivity (Wildman–Crippen MR) is 73.0 cm³/mol. The molecular formula is C15H22O4. The van der Waals surface area contributed by atoms with Gasteiger partial charge in [-0.05, 0) is 25.8 Å². The van der Waals surface area contributed by atoms with E-state index >= 15 is 0 Å². The Morgan fingerprint density at radius 2 is 1.89 bits per heavy atom. The molecule has 0 aliphatic heterocycles. The van der Waals surface area contributed by atoms with Crippen molar-refractivity contribution >= 4 is 6.16 Å². The fourth-order valence-corrected chi connectivity index (χ4v) is 1.72. The molecule has 0 radical (unpaired) electrons. The van der Waals surface area contributed by atoms with Gasteiger partial charge >= 0.3 is 6.16 Å². The topological polar surface area (TPSA) is 44.8 Å². The molecule has 4 heteroatoms. The maximum atomic E-state index is 11.1. The Kier molecular flexibility index (Phi) is 6.97. The van der Waals surface area contributed by atoms with Crippen LogP contribution in [0, 0.1) is 0 Å². The third-order valence-corrected chi connectivity index (χ3v) is 2.63. The summed E-state index contributed by atoms with van der Waals surface area (Å²) in [5, 5.41) is 0. The summed E-state index contributed by atoms with van der Waals surface area (Å²) in [6.07, 6.45) is -0.0755. The van der Waals surface area contributed by atoms with Crippen LogP contribution in [0.25, 0.3) is 0 Å². The molecule has 0 N–H and O–H groups in total. The Bertz CT molecular complexity index is 364. The summed E-state index contributed by atoms with van der Waals surface area (Å²) in [4.78, 5) is 11.1. The Hall–Kier alpha value is -1.55. The Labute approximate surface area is 114 Å². The number of ether oxygens (including phenoxy) is 3. The lowest BCUT2D eigenvalue weighted by atomic mass is 10.1. The van der Waals surface area contributed by atoms with Gasteiger partial charge in [-0.1, -0.05) is 37.3 Å². The standard InChI is InChI=1S/C15H22O4/c1-4-14(13-9-7-6-8-10-13)18-11-12(3)19-15(16)17-5-2/h6-10,12,14H,4-5,11H2,1-3H3. The van der Waals surface area contributed by atoms with E-state index in [2.05, 4.69) is 6.92 Å². The lowest BCUT2D eigenvalue weighted by molar-refractivity contribution is -0.0334. The first-order chi connectivity index (χ1) is 9.17. The molecule has 0 saturated heterocycles. The number of benzene rings is 1. The Morgan fingerprint density at radius 1 is 1.21 bits per heavy atom. The number of carbonyl (C=O) groups excluding carboxylic acids is 1. The smallest absolute Gasteiger partial charge is 0.435 e. The van der Waals surface area contributed by atoms with Gasteiger partial charge in [0.1, 0.15) is 6.10 Å². The fraction of sp³-hybridized carbons (Fsp3) is 0.533. The monoisotopic (exact) mass is 266 g/mol. The average molecular weight is 266 g/mol. The van der Waals surface area contributed by atoms with Gasteiger partial charge < -0.3 is 14.2 Å². The summed E-state index contributed by atoms with van der Waals surface area (Å²) in [7, 11) is 0. The van der Waals surface area contributed by atoms with Crippen LogP contribution in [0.1, 0.15) is 38.9 Å². The van der Waals surface area contributed by atoms with Crippen molar-refractivity contribution in [1.29, 1.82) is 0 Å². The van der Waals surface area contributed by atoms with Gasteiger partial charge in [0.2, 0.25) is 0 Å². The summed E-state index contributed by atoms with van der Waals surface area (Å²) < 4.78 is 15.5. The first-order valence-electron chi connectivity index (χ1n) is 6.67. The maximum Gasteiger partial charge on any atom is 0.508 e. The van der Waals surface area contributed by atoms with Gasteiger partial charge in [-0.25, -0.2) is 4.79 Å². The molecule has 0 aliphatic carbocycles. The van der Waals surface area contributed by atoms with Crippen LogP contribution in [0.5, 0.6) is 0 Å². The second-order valence-corrected chi connectivity index (χ2v) is 4.25. The normalized spacial score (nSPS) is 13.6. The lowest BCUT2D eigenvalue weighted by Gasteiger charge is -2.19. The van der Waals surface area contributed by atoms with E-state index in [1.54, 1.807) is 13.8 Å². The molecule has 0 aromatic heterocycles. The van der Waals surface area contributed by atoms with E-state index in [9.17, 15) is 4.79 Å². The van der Waals surface area contributed by atoms with E-state index in [0.29, 0.717) is 13.2 Å². The first kappa shape index (κ1) is 15.5. The molecule has 1 aromatic rings. The largest absolute Gasteiger partial charge is 0.508 e. The van der Waals surface area contributed by atoms with Crippen molar-refractivity contribution in [1.82, 2.24) is 0 Å². The third-order valence-electron chi connectivity index (χ3n) is 2.63. The second-order valence-electron chi connectivity index (χ2n) is 4.25. The van der Waals surface area contributed by atoms with Crippen LogP contribution in [0.2, 0.25) is 0 Å². The molecule has 4 nitrogen and oxygen atoms in total. The van der Waals surface area contributed by atoms with Crippen molar-refractivity contribution < 1.29 is 19.0 Å². The van der Waals surface area contributed by atoms with Gasteiger partial charge in [0, 0.05) is 0 Å². The van der Waals surface area contributed by atoms with Crippen LogP contribution in [0.3, 0.4) is 0 Å². The minimum Gasteiger partial charge on any atom is -0.435 e. The van der Waals surface area contributed by atoms with Gasteiger partial charge in [-0.15, -0.1) is 0 Å². The summed E-state index contributed by atoms with van der Waals surface area (Å²) >= 11 is 0. The molecule has 19 heavy (non-hydrogen) atoms. The quantitative estimate of drug-likeness (QED) is 0.706. The number of rotatable bonds is 7. The molecule has 0 fully saturated rings. The van der Waals surface area contributed by atoms with Crippen molar-refractivity contribution in [3.8, 4) is 0 Å². The lowest BCUT2D eigenvalue weighted by Crippen LogP contribution is -2.22. The van der Waals surface area contributed by atoms with E-state index in [1.165, 1.54) is 0 Å². The molecule has 1 aromatic carbocycles. The van der Waals surface area contributed by atoms with Crippen molar-refractivity contribution in [3.05, 3.63) is 35.9 Å². The highest BCUT2D eigenvalue weighted by Crippen LogP contribution is 2.20. The molecule has 0 bridgehead atoms. The van der Waals surface area contributed by atoms with Crippen LogP contribution in [-0.2, 0) is 14.2 Å². The minimum absolute atomic E-state index is 0.0226. The third kappa shape index (κ3) is 5.75. The second kappa shape index (κ2) is 8.53. The summed E-state index contributed by atoms with van der Waals surface area (Å²) in [5.74, 6) is 0. The first-order valence-corrected chi connectivity index (χ1v) is 6.67. The summed E-state index contributed by atoms with van der Waals surface area (Å²) in [6, 6.07) is 10.0. The molecule has 2 atom stereocenters. The van der Waals surface area contributed by atoms with E-state index in [4.69, 9.17) is 14.2 Å². The van der Waals surface area contributed by atoms with Gasteiger partial charge in [-0.2, -0.15) is 0 Å². The van der Waals surface area contributed by atoms with Crippen LogP contribution in [0.4, 0.5) is 4.79 Å². The van der Waals surface area contributed by atoms with E-state index in [1.807, 2.05) is 30.3 Å². The van der Waals surface area contributed by atoms with Crippen LogP contribution in [0.15, 0.2) is 30.3 Å². The highest BCUT2D eigenvalue weighted by atomic mass is 16.7. The van der Waals surface area contributed by atoms with Crippen molar-refractivity contribution in [2.45, 2.75) is 39.4 Å². The molecule has 1 rings (SSSR count). The van der Waals surface area contributed by atoms with Crippen molar-refractivity contribution in [3.63, 3.8) is 0 Å². The van der Waals surface area contributed by atoms with Gasteiger partial charge in [-0.3, -0.25) is 0 Å². The highest BCUT2D eigenvalue weighted by Gasteiger charge is 2.14. The van der Waals surface area contributed by atoms with Gasteiger partial charge in [0.25, 0.3) is 0 Å². The van der Waals surface area contributed by atoms with E-state index in [0.717, 1.165) is 12.0 Å². The van der Waals surface area contributed by atoms with Crippen molar-refractivity contribution in [2.75, 3.05) is 13.2 Å². The zero-order valence-electron chi connectivity index (χ0n) is 11.8. The van der Waals surface area contributed by atoms with E-state index in [-0.39, 0.29) is 12.2 Å². The molecule has 2 unspecified atom stereocenters. The molecule has 0 aliphatic rings. The zero-order chi connectivity index (χ0) is 14.1. The number of carbonyl (C=O) groups is 1. The molecule has 0 spiro atoms. The van der Waals surface area contributed by atoms with Crippen LogP contribution < -0.4 is 0 Å². The zero-order valence-corrected chi connectivity index (χ0v) is 11.8. The van der Waals surface area contributed by atoms with E-state index < -0.39 is 6.16 Å². The molecule has 0 saturated carbocycles. The number of hydrogen-bond donors (Lipinski definition) is 0. The molecule has 0 amide bonds. The molecule has 0 heterocycles. The van der Waals surface area contributed by atoms with Gasteiger partial charge in [0.15, 0.2) is 0 Å². The fourth-order valence-electron chi connectivity index (χ4n) is 1.72. The Morgan fingerprint density at radius 3 is 2.47 bits per heavy atom. The maximum absolute atomic E-state index is 11.1.